The van der Waals surface area contributed by atoms with Crippen LogP contribution in [0.1, 0.15) is 141 Å². The van der Waals surface area contributed by atoms with E-state index in [2.05, 4.69) is 62.4 Å². The highest BCUT2D eigenvalue weighted by Gasteiger charge is 2.22. The summed E-state index contributed by atoms with van der Waals surface area (Å²) in [5, 5.41) is 0. The first-order valence-electron chi connectivity index (χ1n) is 16.6. The molecule has 210 valence electrons. The molecule has 2 aromatic rings. The van der Waals surface area contributed by atoms with Gasteiger partial charge in [0.25, 0.3) is 0 Å². The normalized spacial score (nSPS) is 23.8. The number of unbranched alkanes of at least 4 members (excludes halogenated alkanes) is 4. The third-order valence-corrected chi connectivity index (χ3v) is 9.84. The van der Waals surface area contributed by atoms with Gasteiger partial charge >= 0.3 is 0 Å². The van der Waals surface area contributed by atoms with Crippen LogP contribution in [0.4, 0.5) is 0 Å². The first-order valence-corrected chi connectivity index (χ1v) is 16.6. The van der Waals surface area contributed by atoms with Crippen LogP contribution < -0.4 is 4.74 Å². The molecule has 1 heteroatoms. The second-order valence-electron chi connectivity index (χ2n) is 12.7. The summed E-state index contributed by atoms with van der Waals surface area (Å²) in [7, 11) is 0. The van der Waals surface area contributed by atoms with Crippen LogP contribution in [-0.4, -0.2) is 6.61 Å². The van der Waals surface area contributed by atoms with Crippen molar-refractivity contribution in [3.63, 3.8) is 0 Å². The average Bonchev–Trinajstić information content (AvgIpc) is 2.97. The van der Waals surface area contributed by atoms with Crippen LogP contribution in [0.15, 0.2) is 48.5 Å². The maximum absolute atomic E-state index is 6.11. The molecule has 0 saturated heterocycles. The fourth-order valence-corrected chi connectivity index (χ4v) is 7.21. The fourth-order valence-electron chi connectivity index (χ4n) is 7.21. The molecule has 0 bridgehead atoms. The standard InChI is InChI=1S/C37H56O/c1-3-5-7-10-30-13-15-32(16-14-30)12-9-29-38-37-27-25-36(26-28-37)35-23-21-34(22-24-35)33-19-17-31(18-20-33)11-8-6-4-2/h21-28,30-33H,3-20,29H2,1-2H3. The molecule has 0 N–H and O–H groups in total. The molecule has 0 aromatic heterocycles. The van der Waals surface area contributed by atoms with Crippen LogP contribution in [0, 0.1) is 17.8 Å². The molecule has 0 radical (unpaired) electrons. The summed E-state index contributed by atoms with van der Waals surface area (Å²) in [5.41, 5.74) is 4.16. The van der Waals surface area contributed by atoms with Crippen LogP contribution in [0.2, 0.25) is 0 Å². The lowest BCUT2D eigenvalue weighted by Gasteiger charge is -2.29. The van der Waals surface area contributed by atoms with Gasteiger partial charge in [-0.3, -0.25) is 0 Å². The Balaban J connectivity index is 1.13. The zero-order valence-corrected chi connectivity index (χ0v) is 24.8. The molecule has 2 aliphatic rings. The SMILES string of the molecule is CCCCCC1CCC(CCCOc2ccc(-c3ccc(C4CCC(CCCCC)CC4)cc3)cc2)CC1. The van der Waals surface area contributed by atoms with Crippen molar-refractivity contribution in [2.24, 2.45) is 17.8 Å². The molecule has 1 nitrogen and oxygen atoms in total. The summed E-state index contributed by atoms with van der Waals surface area (Å²) >= 11 is 0. The molecule has 2 aromatic carbocycles. The van der Waals surface area contributed by atoms with E-state index in [0.29, 0.717) is 0 Å². The van der Waals surface area contributed by atoms with Crippen molar-refractivity contribution in [2.75, 3.05) is 6.61 Å². The zero-order valence-electron chi connectivity index (χ0n) is 24.8. The topological polar surface area (TPSA) is 9.23 Å². The van der Waals surface area contributed by atoms with Gasteiger partial charge in [-0.05, 0) is 91.0 Å². The molecule has 2 aliphatic carbocycles. The summed E-state index contributed by atoms with van der Waals surface area (Å²) in [5.74, 6) is 4.72. The number of ether oxygens (including phenoxy) is 1. The van der Waals surface area contributed by atoms with E-state index >= 15 is 0 Å². The van der Waals surface area contributed by atoms with E-state index in [-0.39, 0.29) is 0 Å². The molecular weight excluding hydrogens is 460 g/mol. The second kappa shape index (κ2) is 16.4. The maximum Gasteiger partial charge on any atom is 0.119 e. The Morgan fingerprint density at radius 2 is 0.974 bits per heavy atom. The molecule has 0 amide bonds. The Morgan fingerprint density at radius 3 is 1.47 bits per heavy atom. The molecular formula is C37H56O. The maximum atomic E-state index is 6.11. The highest BCUT2D eigenvalue weighted by Crippen LogP contribution is 2.38. The van der Waals surface area contributed by atoms with E-state index in [1.54, 1.807) is 5.56 Å². The van der Waals surface area contributed by atoms with Crippen molar-refractivity contribution >= 4 is 0 Å². The van der Waals surface area contributed by atoms with Gasteiger partial charge in [-0.2, -0.15) is 0 Å². The zero-order chi connectivity index (χ0) is 26.4. The van der Waals surface area contributed by atoms with Gasteiger partial charge in [0.2, 0.25) is 0 Å². The van der Waals surface area contributed by atoms with Crippen LogP contribution in [0.25, 0.3) is 11.1 Å². The molecule has 0 heterocycles. The third kappa shape index (κ3) is 9.46. The van der Waals surface area contributed by atoms with E-state index in [1.807, 2.05) is 0 Å². The van der Waals surface area contributed by atoms with Gasteiger partial charge in [-0.15, -0.1) is 0 Å². The lowest BCUT2D eigenvalue weighted by atomic mass is 9.77. The van der Waals surface area contributed by atoms with Gasteiger partial charge in [0.05, 0.1) is 6.61 Å². The van der Waals surface area contributed by atoms with Crippen molar-refractivity contribution in [1.82, 2.24) is 0 Å². The molecule has 0 unspecified atom stereocenters. The van der Waals surface area contributed by atoms with Crippen molar-refractivity contribution in [3.8, 4) is 16.9 Å². The monoisotopic (exact) mass is 516 g/mol. The van der Waals surface area contributed by atoms with Gasteiger partial charge in [0.1, 0.15) is 5.75 Å². The number of hydrogen-bond acceptors (Lipinski definition) is 1. The first kappa shape index (κ1) is 29.2. The Morgan fingerprint density at radius 1 is 0.526 bits per heavy atom. The van der Waals surface area contributed by atoms with E-state index in [0.717, 1.165) is 36.0 Å². The summed E-state index contributed by atoms with van der Waals surface area (Å²) in [6.45, 7) is 5.47. The minimum atomic E-state index is 0.767. The molecule has 4 rings (SSSR count). The third-order valence-electron chi connectivity index (χ3n) is 9.84. The van der Waals surface area contributed by atoms with Gasteiger partial charge in [0, 0.05) is 0 Å². The molecule has 0 spiro atoms. The predicted molar refractivity (Wildman–Crippen MR) is 165 cm³/mol. The molecule has 0 aliphatic heterocycles. The van der Waals surface area contributed by atoms with E-state index in [9.17, 15) is 0 Å². The highest BCUT2D eigenvalue weighted by atomic mass is 16.5. The van der Waals surface area contributed by atoms with Gasteiger partial charge < -0.3 is 4.74 Å². The Kier molecular flexibility index (Phi) is 12.6. The largest absolute Gasteiger partial charge is 0.494 e. The molecule has 38 heavy (non-hydrogen) atoms. The smallest absolute Gasteiger partial charge is 0.119 e. The van der Waals surface area contributed by atoms with E-state index in [1.165, 1.54) is 127 Å². The van der Waals surface area contributed by atoms with Crippen LogP contribution in [0.3, 0.4) is 0 Å². The highest BCUT2D eigenvalue weighted by molar-refractivity contribution is 5.64. The summed E-state index contributed by atoms with van der Waals surface area (Å²) < 4.78 is 6.11. The molecule has 2 saturated carbocycles. The van der Waals surface area contributed by atoms with E-state index in [4.69, 9.17) is 4.74 Å². The van der Waals surface area contributed by atoms with Crippen LogP contribution in [0.5, 0.6) is 5.75 Å². The second-order valence-corrected chi connectivity index (χ2v) is 12.7. The summed E-state index contributed by atoms with van der Waals surface area (Å²) in [6, 6.07) is 18.2. The summed E-state index contributed by atoms with van der Waals surface area (Å²) in [6.07, 6.45) is 25.3. The average molecular weight is 517 g/mol. The van der Waals surface area contributed by atoms with Gasteiger partial charge in [0.15, 0.2) is 0 Å². The predicted octanol–water partition coefficient (Wildman–Crippen LogP) is 11.8. The number of benzene rings is 2. The minimum Gasteiger partial charge on any atom is -0.494 e. The Labute approximate surface area is 235 Å². The Bertz CT molecular complexity index is 866. The van der Waals surface area contributed by atoms with Crippen molar-refractivity contribution in [2.45, 2.75) is 135 Å². The lowest BCUT2D eigenvalue weighted by Crippen LogP contribution is -2.15. The minimum absolute atomic E-state index is 0.767. The summed E-state index contributed by atoms with van der Waals surface area (Å²) in [4.78, 5) is 0. The Hall–Kier alpha value is -1.76. The van der Waals surface area contributed by atoms with Crippen molar-refractivity contribution < 1.29 is 4.74 Å². The fraction of sp³-hybridized carbons (Fsp3) is 0.676. The van der Waals surface area contributed by atoms with Gasteiger partial charge in [-0.25, -0.2) is 0 Å². The van der Waals surface area contributed by atoms with Crippen LogP contribution >= 0.6 is 0 Å². The van der Waals surface area contributed by atoms with Crippen molar-refractivity contribution in [1.29, 1.82) is 0 Å². The molecule has 2 fully saturated rings. The first-order chi connectivity index (χ1) is 18.7. The quantitative estimate of drug-likeness (QED) is 0.214. The lowest BCUT2D eigenvalue weighted by molar-refractivity contribution is 0.228. The number of hydrogen-bond donors (Lipinski definition) is 0. The van der Waals surface area contributed by atoms with Crippen molar-refractivity contribution in [3.05, 3.63) is 54.1 Å². The van der Waals surface area contributed by atoms with Gasteiger partial charge in [-0.1, -0.05) is 127 Å². The van der Waals surface area contributed by atoms with Crippen LogP contribution in [-0.2, 0) is 0 Å². The number of rotatable bonds is 15. The molecule has 0 atom stereocenters. The van der Waals surface area contributed by atoms with E-state index < -0.39 is 0 Å².